The first kappa shape index (κ1) is 17.6. The van der Waals surface area contributed by atoms with Crippen LogP contribution < -0.4 is 9.47 Å². The SMILES string of the molecule is COc1ccc(OC)c(C2CCCN2Cc2ncc(-c3ccccc3)o2)c1. The van der Waals surface area contributed by atoms with Crippen molar-refractivity contribution >= 4 is 0 Å². The van der Waals surface area contributed by atoms with Gasteiger partial charge in [-0.15, -0.1) is 0 Å². The molecule has 1 fully saturated rings. The normalized spacial score (nSPS) is 17.2. The van der Waals surface area contributed by atoms with Gasteiger partial charge in [-0.05, 0) is 37.6 Å². The van der Waals surface area contributed by atoms with Crippen molar-refractivity contribution in [3.63, 3.8) is 0 Å². The van der Waals surface area contributed by atoms with Gasteiger partial charge in [-0.2, -0.15) is 0 Å². The van der Waals surface area contributed by atoms with Crippen LogP contribution >= 0.6 is 0 Å². The van der Waals surface area contributed by atoms with Gasteiger partial charge in [0, 0.05) is 17.2 Å². The zero-order valence-electron chi connectivity index (χ0n) is 15.7. The monoisotopic (exact) mass is 364 g/mol. The van der Waals surface area contributed by atoms with Crippen LogP contribution in [0.1, 0.15) is 30.3 Å². The molecule has 1 aliphatic rings. The van der Waals surface area contributed by atoms with E-state index in [0.717, 1.165) is 53.7 Å². The number of benzene rings is 2. The molecule has 0 amide bonds. The molecule has 2 heterocycles. The van der Waals surface area contributed by atoms with Gasteiger partial charge in [0.05, 0.1) is 27.0 Å². The molecular weight excluding hydrogens is 340 g/mol. The Morgan fingerprint density at radius 3 is 2.74 bits per heavy atom. The number of hydrogen-bond donors (Lipinski definition) is 0. The molecular formula is C22H24N2O3. The molecule has 1 unspecified atom stereocenters. The molecule has 27 heavy (non-hydrogen) atoms. The molecule has 1 aromatic heterocycles. The van der Waals surface area contributed by atoms with Crippen LogP contribution in [0, 0.1) is 0 Å². The number of ether oxygens (including phenoxy) is 2. The summed E-state index contributed by atoms with van der Waals surface area (Å²) in [6, 6.07) is 16.3. The molecule has 1 atom stereocenters. The van der Waals surface area contributed by atoms with Crippen molar-refractivity contribution < 1.29 is 13.9 Å². The molecule has 4 rings (SSSR count). The smallest absolute Gasteiger partial charge is 0.209 e. The van der Waals surface area contributed by atoms with E-state index in [1.54, 1.807) is 14.2 Å². The number of hydrogen-bond acceptors (Lipinski definition) is 5. The number of likely N-dealkylation sites (tertiary alicyclic amines) is 1. The minimum Gasteiger partial charge on any atom is -0.497 e. The minimum atomic E-state index is 0.266. The highest BCUT2D eigenvalue weighted by molar-refractivity contribution is 5.55. The first-order chi connectivity index (χ1) is 13.3. The molecule has 0 saturated carbocycles. The molecule has 2 aromatic carbocycles. The Hall–Kier alpha value is -2.79. The second kappa shape index (κ2) is 7.84. The zero-order valence-corrected chi connectivity index (χ0v) is 15.7. The van der Waals surface area contributed by atoms with E-state index in [2.05, 4.69) is 16.0 Å². The van der Waals surface area contributed by atoms with E-state index in [0.29, 0.717) is 6.54 Å². The Morgan fingerprint density at radius 2 is 1.96 bits per heavy atom. The molecule has 5 nitrogen and oxygen atoms in total. The molecule has 1 aliphatic heterocycles. The van der Waals surface area contributed by atoms with Crippen LogP contribution in [0.5, 0.6) is 11.5 Å². The molecule has 0 radical (unpaired) electrons. The third kappa shape index (κ3) is 3.69. The number of aromatic nitrogens is 1. The van der Waals surface area contributed by atoms with Gasteiger partial charge in [0.15, 0.2) is 5.76 Å². The first-order valence-corrected chi connectivity index (χ1v) is 9.24. The van der Waals surface area contributed by atoms with Crippen molar-refractivity contribution in [2.75, 3.05) is 20.8 Å². The largest absolute Gasteiger partial charge is 0.497 e. The fourth-order valence-electron chi connectivity index (χ4n) is 3.76. The van der Waals surface area contributed by atoms with Crippen molar-refractivity contribution in [2.24, 2.45) is 0 Å². The van der Waals surface area contributed by atoms with E-state index in [9.17, 15) is 0 Å². The molecule has 3 aromatic rings. The van der Waals surface area contributed by atoms with Crippen molar-refractivity contribution in [3.05, 3.63) is 66.2 Å². The van der Waals surface area contributed by atoms with Gasteiger partial charge in [-0.3, -0.25) is 4.90 Å². The Kier molecular flexibility index (Phi) is 5.12. The standard InChI is InChI=1S/C22H24N2O3/c1-25-17-10-11-20(26-2)18(13-17)19-9-6-12-24(19)15-22-23-14-21(27-22)16-7-4-3-5-8-16/h3-5,7-8,10-11,13-14,19H,6,9,12,15H2,1-2H3. The first-order valence-electron chi connectivity index (χ1n) is 9.24. The average molecular weight is 364 g/mol. The lowest BCUT2D eigenvalue weighted by Crippen LogP contribution is -2.23. The summed E-state index contributed by atoms with van der Waals surface area (Å²) in [5.74, 6) is 3.29. The van der Waals surface area contributed by atoms with Crippen LogP contribution in [0.25, 0.3) is 11.3 Å². The van der Waals surface area contributed by atoms with Crippen LogP contribution in [0.3, 0.4) is 0 Å². The van der Waals surface area contributed by atoms with Gasteiger partial charge in [0.2, 0.25) is 5.89 Å². The molecule has 5 heteroatoms. The summed E-state index contributed by atoms with van der Waals surface area (Å²) < 4.78 is 17.0. The highest BCUT2D eigenvalue weighted by atomic mass is 16.5. The lowest BCUT2D eigenvalue weighted by Gasteiger charge is -2.25. The maximum atomic E-state index is 6.01. The Balaban J connectivity index is 1.55. The van der Waals surface area contributed by atoms with Crippen molar-refractivity contribution in [3.8, 4) is 22.8 Å². The van der Waals surface area contributed by atoms with Gasteiger partial charge in [-0.1, -0.05) is 30.3 Å². The molecule has 0 N–H and O–H groups in total. The average Bonchev–Trinajstić information content (AvgIpc) is 3.38. The summed E-state index contributed by atoms with van der Waals surface area (Å²) in [6.07, 6.45) is 4.02. The number of methoxy groups -OCH3 is 2. The topological polar surface area (TPSA) is 47.7 Å². The summed E-state index contributed by atoms with van der Waals surface area (Å²) in [4.78, 5) is 6.90. The second-order valence-corrected chi connectivity index (χ2v) is 6.72. The molecule has 0 spiro atoms. The van der Waals surface area contributed by atoms with Crippen molar-refractivity contribution in [1.29, 1.82) is 0 Å². The third-order valence-corrected chi connectivity index (χ3v) is 5.11. The maximum absolute atomic E-state index is 6.01. The fraction of sp³-hybridized carbons (Fsp3) is 0.318. The van der Waals surface area contributed by atoms with Gasteiger partial charge >= 0.3 is 0 Å². The van der Waals surface area contributed by atoms with E-state index >= 15 is 0 Å². The molecule has 140 valence electrons. The quantitative estimate of drug-likeness (QED) is 0.635. The van der Waals surface area contributed by atoms with Gasteiger partial charge in [-0.25, -0.2) is 4.98 Å². The van der Waals surface area contributed by atoms with Gasteiger partial charge < -0.3 is 13.9 Å². The summed E-state index contributed by atoms with van der Waals surface area (Å²) in [5.41, 5.74) is 2.20. The van der Waals surface area contributed by atoms with E-state index in [1.807, 2.05) is 48.7 Å². The van der Waals surface area contributed by atoms with Gasteiger partial charge in [0.25, 0.3) is 0 Å². The van der Waals surface area contributed by atoms with Crippen LogP contribution in [-0.4, -0.2) is 30.6 Å². The van der Waals surface area contributed by atoms with E-state index in [-0.39, 0.29) is 6.04 Å². The molecule has 0 aliphatic carbocycles. The summed E-state index contributed by atoms with van der Waals surface area (Å²) >= 11 is 0. The number of rotatable bonds is 6. The van der Waals surface area contributed by atoms with Crippen LogP contribution in [-0.2, 0) is 6.54 Å². The molecule has 1 saturated heterocycles. The van der Waals surface area contributed by atoms with E-state index in [1.165, 1.54) is 0 Å². The second-order valence-electron chi connectivity index (χ2n) is 6.72. The van der Waals surface area contributed by atoms with Gasteiger partial charge in [0.1, 0.15) is 11.5 Å². The summed E-state index contributed by atoms with van der Waals surface area (Å²) in [7, 11) is 3.40. The number of oxazole rings is 1. The fourth-order valence-corrected chi connectivity index (χ4v) is 3.76. The Morgan fingerprint density at radius 1 is 1.11 bits per heavy atom. The van der Waals surface area contributed by atoms with Crippen LogP contribution in [0.4, 0.5) is 0 Å². The summed E-state index contributed by atoms with van der Waals surface area (Å²) in [5, 5.41) is 0. The highest BCUT2D eigenvalue weighted by Gasteiger charge is 2.29. The lowest BCUT2D eigenvalue weighted by molar-refractivity contribution is 0.220. The van der Waals surface area contributed by atoms with E-state index in [4.69, 9.17) is 13.9 Å². The highest BCUT2D eigenvalue weighted by Crippen LogP contribution is 2.39. The van der Waals surface area contributed by atoms with E-state index < -0.39 is 0 Å². The minimum absolute atomic E-state index is 0.266. The van der Waals surface area contributed by atoms with Crippen LogP contribution in [0.2, 0.25) is 0 Å². The van der Waals surface area contributed by atoms with Crippen LogP contribution in [0.15, 0.2) is 59.1 Å². The third-order valence-electron chi connectivity index (χ3n) is 5.11. The maximum Gasteiger partial charge on any atom is 0.209 e. The predicted molar refractivity (Wildman–Crippen MR) is 104 cm³/mol. The Labute approximate surface area is 159 Å². The Bertz CT molecular complexity index is 892. The number of nitrogens with zero attached hydrogens (tertiary/aromatic N) is 2. The summed E-state index contributed by atoms with van der Waals surface area (Å²) in [6.45, 7) is 1.69. The van der Waals surface area contributed by atoms with Crippen molar-refractivity contribution in [2.45, 2.75) is 25.4 Å². The predicted octanol–water partition coefficient (Wildman–Crippen LogP) is 4.70. The van der Waals surface area contributed by atoms with Crippen molar-refractivity contribution in [1.82, 2.24) is 9.88 Å². The lowest BCUT2D eigenvalue weighted by atomic mass is 10.0. The zero-order chi connectivity index (χ0) is 18.6. The molecule has 0 bridgehead atoms.